The average molecular weight is 781 g/mol. The number of rotatable bonds is 12. The molecule has 3 unspecified atom stereocenters. The Bertz CT molecular complexity index is 1970. The van der Waals surface area contributed by atoms with Crippen LogP contribution in [0.4, 0.5) is 14.5 Å². The van der Waals surface area contributed by atoms with Gasteiger partial charge >= 0.3 is 0 Å². The van der Waals surface area contributed by atoms with Crippen molar-refractivity contribution in [2.24, 2.45) is 5.92 Å². The minimum Gasteiger partial charge on any atom is -0.489 e. The van der Waals surface area contributed by atoms with Crippen LogP contribution in [-0.2, 0) is 17.9 Å². The van der Waals surface area contributed by atoms with E-state index < -0.39 is 6.10 Å². The highest BCUT2D eigenvalue weighted by molar-refractivity contribution is 9.08. The number of halogens is 3. The summed E-state index contributed by atoms with van der Waals surface area (Å²) in [5, 5.41) is 14.0. The lowest BCUT2D eigenvalue weighted by atomic mass is 9.78. The second-order valence-corrected chi connectivity index (χ2v) is 13.3. The number of β-lactam (4-membered cyclic amide) rings is 1. The minimum absolute atomic E-state index is 0.0830. The van der Waals surface area contributed by atoms with Crippen molar-refractivity contribution in [1.82, 2.24) is 10.2 Å². The summed E-state index contributed by atoms with van der Waals surface area (Å²) in [4.78, 5) is 17.5. The summed E-state index contributed by atoms with van der Waals surface area (Å²) in [5.41, 5.74) is 8.04. The van der Waals surface area contributed by atoms with Crippen molar-refractivity contribution in [2.45, 2.75) is 45.1 Å². The maximum absolute atomic E-state index is 13.7. The van der Waals surface area contributed by atoms with Crippen molar-refractivity contribution >= 4 is 27.5 Å². The molecule has 53 heavy (non-hydrogen) atoms. The number of aliphatic hydroxyl groups is 1. The molecule has 0 saturated carbocycles. The molecule has 2 N–H and O–H groups in total. The van der Waals surface area contributed by atoms with Crippen LogP contribution in [-0.4, -0.2) is 34.8 Å². The fourth-order valence-electron chi connectivity index (χ4n) is 6.92. The first-order chi connectivity index (χ1) is 25.8. The zero-order valence-electron chi connectivity index (χ0n) is 29.9. The standard InChI is InChI=1S/C43H41F2N3O3.CH3Br/c1-29-26-46-24-25-47(29)27-30-2-6-32(7-3-30)33-8-4-31(5-9-33)28-51-39-20-12-35(13-21-39)42-40(22-23-41(49)34-10-14-36(44)15-11-34)43(50)48(42)38-18-16-37(45)17-19-38;1-2/h2-21,26,40-42,46,49H,22-25,27-28H2,1H3;1H3. The zero-order valence-corrected chi connectivity index (χ0v) is 31.5. The summed E-state index contributed by atoms with van der Waals surface area (Å²) in [6, 6.07) is 36.2. The van der Waals surface area contributed by atoms with Crippen molar-refractivity contribution in [1.29, 1.82) is 0 Å². The zero-order chi connectivity index (χ0) is 37.3. The van der Waals surface area contributed by atoms with Gasteiger partial charge in [-0.2, -0.15) is 0 Å². The number of ether oxygens (including phenoxy) is 1. The normalized spacial score (nSPS) is 17.2. The first kappa shape index (κ1) is 37.8. The van der Waals surface area contributed by atoms with E-state index in [2.05, 4.69) is 87.8 Å². The van der Waals surface area contributed by atoms with E-state index in [4.69, 9.17) is 4.74 Å². The van der Waals surface area contributed by atoms with E-state index in [0.717, 1.165) is 36.3 Å². The Kier molecular flexibility index (Phi) is 12.6. The molecule has 2 heterocycles. The summed E-state index contributed by atoms with van der Waals surface area (Å²) < 4.78 is 33.2. The highest BCUT2D eigenvalue weighted by Crippen LogP contribution is 2.46. The van der Waals surface area contributed by atoms with Gasteiger partial charge in [0.2, 0.25) is 5.91 Å². The fourth-order valence-corrected chi connectivity index (χ4v) is 6.92. The quantitative estimate of drug-likeness (QED) is 0.0976. The molecular weight excluding hydrogens is 736 g/mol. The van der Waals surface area contributed by atoms with Gasteiger partial charge in [-0.15, -0.1) is 0 Å². The Morgan fingerprint density at radius 3 is 2.00 bits per heavy atom. The summed E-state index contributed by atoms with van der Waals surface area (Å²) in [7, 11) is 0. The van der Waals surface area contributed by atoms with Crippen LogP contribution >= 0.6 is 15.9 Å². The average Bonchev–Trinajstić information content (AvgIpc) is 3.19. The van der Waals surface area contributed by atoms with E-state index in [-0.39, 0.29) is 29.5 Å². The molecule has 6 nitrogen and oxygen atoms in total. The Labute approximate surface area is 318 Å². The maximum Gasteiger partial charge on any atom is 0.233 e. The molecule has 1 saturated heterocycles. The van der Waals surface area contributed by atoms with Gasteiger partial charge in [0.25, 0.3) is 0 Å². The third-order valence-electron chi connectivity index (χ3n) is 9.90. The Morgan fingerprint density at radius 1 is 0.811 bits per heavy atom. The number of alkyl halides is 1. The number of nitrogens with zero attached hydrogens (tertiary/aromatic N) is 2. The predicted molar refractivity (Wildman–Crippen MR) is 210 cm³/mol. The van der Waals surface area contributed by atoms with Gasteiger partial charge in [0.1, 0.15) is 24.0 Å². The predicted octanol–water partition coefficient (Wildman–Crippen LogP) is 9.71. The molecule has 274 valence electrons. The van der Waals surface area contributed by atoms with E-state index in [9.17, 15) is 18.7 Å². The topological polar surface area (TPSA) is 65.0 Å². The lowest BCUT2D eigenvalue weighted by Gasteiger charge is -2.48. The second-order valence-electron chi connectivity index (χ2n) is 13.3. The van der Waals surface area contributed by atoms with Gasteiger partial charge < -0.3 is 25.0 Å². The number of carbonyl (C=O) groups excluding carboxylic acids is 1. The van der Waals surface area contributed by atoms with E-state index in [1.54, 1.807) is 29.2 Å². The molecule has 2 aliphatic rings. The summed E-state index contributed by atoms with van der Waals surface area (Å²) in [6.45, 7) is 5.41. The van der Waals surface area contributed by atoms with E-state index in [1.165, 1.54) is 41.1 Å². The van der Waals surface area contributed by atoms with E-state index in [1.807, 2.05) is 30.1 Å². The fraction of sp³-hybridized carbons (Fsp3) is 0.250. The number of carbonyl (C=O) groups is 1. The van der Waals surface area contributed by atoms with Crippen molar-refractivity contribution in [2.75, 3.05) is 23.8 Å². The summed E-state index contributed by atoms with van der Waals surface area (Å²) in [6.07, 6.45) is 2.03. The van der Waals surface area contributed by atoms with Crippen LogP contribution in [0.3, 0.4) is 0 Å². The SMILES string of the molecule is CBr.CC1=CNCCN1Cc1ccc(-c2ccc(COc3ccc(C4C(CCC(O)c5ccc(F)cc5)C(=O)N4c4ccc(F)cc4)cc3)cc2)cc1. The van der Waals surface area contributed by atoms with Gasteiger partial charge in [0, 0.05) is 37.2 Å². The number of hydrogen-bond acceptors (Lipinski definition) is 5. The number of nitrogens with one attached hydrogen (secondary N) is 1. The summed E-state index contributed by atoms with van der Waals surface area (Å²) >= 11 is 2.94. The molecule has 3 atom stereocenters. The van der Waals surface area contributed by atoms with Gasteiger partial charge in [-0.25, -0.2) is 8.78 Å². The molecule has 9 heteroatoms. The van der Waals surface area contributed by atoms with Crippen LogP contribution in [0, 0.1) is 17.6 Å². The number of allylic oxidation sites excluding steroid dienone is 1. The lowest BCUT2D eigenvalue weighted by molar-refractivity contribution is -0.131. The highest BCUT2D eigenvalue weighted by Gasteiger charge is 2.48. The minimum atomic E-state index is -0.820. The monoisotopic (exact) mass is 779 g/mol. The summed E-state index contributed by atoms with van der Waals surface area (Å²) in [5.74, 6) is 1.32. The Morgan fingerprint density at radius 2 is 1.40 bits per heavy atom. The third-order valence-corrected chi connectivity index (χ3v) is 9.90. The number of aliphatic hydroxyl groups excluding tert-OH is 1. The molecule has 0 bridgehead atoms. The van der Waals surface area contributed by atoms with Crippen molar-refractivity contribution in [3.63, 3.8) is 0 Å². The largest absolute Gasteiger partial charge is 0.489 e. The molecule has 1 fully saturated rings. The van der Waals surface area contributed by atoms with Crippen LogP contribution in [0.15, 0.2) is 133 Å². The smallest absolute Gasteiger partial charge is 0.233 e. The van der Waals surface area contributed by atoms with Crippen molar-refractivity contribution in [3.05, 3.63) is 167 Å². The van der Waals surface area contributed by atoms with Crippen LogP contribution < -0.4 is 15.0 Å². The first-order valence-corrected chi connectivity index (χ1v) is 19.4. The molecule has 5 aromatic rings. The number of anilines is 1. The number of hydrogen-bond donors (Lipinski definition) is 2. The van der Waals surface area contributed by atoms with Crippen molar-refractivity contribution in [3.8, 4) is 16.9 Å². The van der Waals surface area contributed by atoms with Crippen LogP contribution in [0.1, 0.15) is 54.2 Å². The second kappa shape index (κ2) is 17.7. The lowest BCUT2D eigenvalue weighted by Crippen LogP contribution is -2.55. The first-order valence-electron chi connectivity index (χ1n) is 17.8. The molecular formula is C44H44BrF2N3O3. The number of amides is 1. The molecule has 5 aromatic carbocycles. The molecule has 0 radical (unpaired) electrons. The third kappa shape index (κ3) is 9.15. The van der Waals surface area contributed by atoms with Gasteiger partial charge in [-0.3, -0.25) is 4.79 Å². The van der Waals surface area contributed by atoms with Crippen LogP contribution in [0.2, 0.25) is 0 Å². The number of benzene rings is 5. The van der Waals surface area contributed by atoms with Crippen LogP contribution in [0.5, 0.6) is 5.75 Å². The van der Waals surface area contributed by atoms with Gasteiger partial charge in [-0.05, 0) is 108 Å². The molecule has 2 aliphatic heterocycles. The Hall–Kier alpha value is -4.99. The van der Waals surface area contributed by atoms with E-state index >= 15 is 0 Å². The molecule has 0 aromatic heterocycles. The highest BCUT2D eigenvalue weighted by atomic mass is 79.9. The molecule has 0 spiro atoms. The van der Waals surface area contributed by atoms with Gasteiger partial charge in [0.05, 0.1) is 18.1 Å². The van der Waals surface area contributed by atoms with E-state index in [0.29, 0.717) is 36.4 Å². The Balaban J connectivity index is 0.00000236. The molecule has 7 rings (SSSR count). The molecule has 1 amide bonds. The van der Waals surface area contributed by atoms with Gasteiger partial charge in [0.15, 0.2) is 0 Å². The maximum atomic E-state index is 13.7. The van der Waals surface area contributed by atoms with Crippen LogP contribution in [0.25, 0.3) is 11.1 Å². The van der Waals surface area contributed by atoms with Crippen molar-refractivity contribution < 1.29 is 23.4 Å². The molecule has 0 aliphatic carbocycles. The van der Waals surface area contributed by atoms with Gasteiger partial charge in [-0.1, -0.05) is 88.7 Å².